The Morgan fingerprint density at radius 2 is 1.76 bits per heavy atom. The molecule has 142 valence electrons. The molecule has 5 rings (SSSR count). The zero-order valence-corrected chi connectivity index (χ0v) is 16.3. The molecule has 0 saturated heterocycles. The van der Waals surface area contributed by atoms with E-state index in [2.05, 4.69) is 10.3 Å². The minimum Gasteiger partial charge on any atom is -0.451 e. The van der Waals surface area contributed by atoms with Gasteiger partial charge >= 0.3 is 0 Å². The van der Waals surface area contributed by atoms with Crippen LogP contribution in [-0.2, 0) is 0 Å². The van der Waals surface area contributed by atoms with Crippen molar-refractivity contribution in [2.75, 3.05) is 5.32 Å². The lowest BCUT2D eigenvalue weighted by Crippen LogP contribution is -2.10. The molecule has 0 fully saturated rings. The predicted octanol–water partition coefficient (Wildman–Crippen LogP) is 6.80. The number of oxazole rings is 1. The summed E-state index contributed by atoms with van der Waals surface area (Å²) in [6, 6.07) is 19.4. The summed E-state index contributed by atoms with van der Waals surface area (Å²) >= 11 is 12.4. The third kappa shape index (κ3) is 3.35. The van der Waals surface area contributed by atoms with E-state index in [0.717, 1.165) is 5.39 Å². The number of amides is 1. The molecule has 2 heterocycles. The van der Waals surface area contributed by atoms with Gasteiger partial charge in [-0.3, -0.25) is 4.79 Å². The molecule has 2 aromatic heterocycles. The summed E-state index contributed by atoms with van der Waals surface area (Å²) in [6.45, 7) is 0. The Labute approximate surface area is 174 Å². The molecule has 7 heteroatoms. The van der Waals surface area contributed by atoms with Gasteiger partial charge in [-0.15, -0.1) is 0 Å². The fourth-order valence-corrected chi connectivity index (χ4v) is 3.43. The van der Waals surface area contributed by atoms with E-state index in [4.69, 9.17) is 32.0 Å². The number of para-hydroxylation sites is 1. The minimum absolute atomic E-state index is 0.221. The highest BCUT2D eigenvalue weighted by Gasteiger charge is 2.16. The third-order valence-corrected chi connectivity index (χ3v) is 5.02. The van der Waals surface area contributed by atoms with E-state index in [9.17, 15) is 4.79 Å². The van der Waals surface area contributed by atoms with Crippen molar-refractivity contribution in [2.45, 2.75) is 0 Å². The molecule has 0 atom stereocenters. The molecular weight excluding hydrogens is 411 g/mol. The number of aromatic nitrogens is 1. The molecule has 29 heavy (non-hydrogen) atoms. The van der Waals surface area contributed by atoms with Crippen molar-refractivity contribution in [2.24, 2.45) is 0 Å². The number of nitrogens with zero attached hydrogens (tertiary/aromatic N) is 1. The van der Waals surface area contributed by atoms with Gasteiger partial charge in [0, 0.05) is 16.1 Å². The lowest BCUT2D eigenvalue weighted by Gasteiger charge is -2.06. The molecule has 0 aliphatic heterocycles. The fraction of sp³-hybridized carbons (Fsp3) is 0. The molecule has 5 aromatic rings. The van der Waals surface area contributed by atoms with Crippen LogP contribution in [0.4, 0.5) is 5.69 Å². The molecule has 0 aliphatic carbocycles. The number of halogens is 2. The van der Waals surface area contributed by atoms with E-state index in [1.165, 1.54) is 0 Å². The van der Waals surface area contributed by atoms with Gasteiger partial charge in [-0.1, -0.05) is 41.4 Å². The van der Waals surface area contributed by atoms with E-state index in [0.29, 0.717) is 43.9 Å². The molecule has 0 saturated carbocycles. The average molecular weight is 423 g/mol. The molecule has 3 aromatic carbocycles. The van der Waals surface area contributed by atoms with Crippen LogP contribution in [0.2, 0.25) is 10.0 Å². The first kappa shape index (κ1) is 17.8. The summed E-state index contributed by atoms with van der Waals surface area (Å²) in [5.74, 6) is 0.199. The Kier molecular flexibility index (Phi) is 4.27. The zero-order chi connectivity index (χ0) is 20.0. The molecule has 0 unspecified atom stereocenters. The first-order chi connectivity index (χ1) is 14.1. The number of fused-ring (bicyclic) bond motifs is 2. The molecule has 5 nitrogen and oxygen atoms in total. The maximum absolute atomic E-state index is 12.6. The van der Waals surface area contributed by atoms with Crippen LogP contribution in [0, 0.1) is 0 Å². The van der Waals surface area contributed by atoms with Gasteiger partial charge in [0.1, 0.15) is 11.1 Å². The molecule has 1 N–H and O–H groups in total. The zero-order valence-electron chi connectivity index (χ0n) is 14.8. The summed E-state index contributed by atoms with van der Waals surface area (Å²) in [5.41, 5.74) is 2.97. The summed E-state index contributed by atoms with van der Waals surface area (Å²) in [6.07, 6.45) is 0. The quantitative estimate of drug-likeness (QED) is 0.347. The van der Waals surface area contributed by atoms with E-state index < -0.39 is 0 Å². The van der Waals surface area contributed by atoms with Crippen LogP contribution in [0.5, 0.6) is 0 Å². The van der Waals surface area contributed by atoms with Gasteiger partial charge in [0.25, 0.3) is 5.91 Å². The van der Waals surface area contributed by atoms with E-state index >= 15 is 0 Å². The van der Waals surface area contributed by atoms with Gasteiger partial charge in [0.05, 0.1) is 10.6 Å². The number of carbonyl (C=O) groups excluding carboxylic acids is 1. The topological polar surface area (TPSA) is 68.3 Å². The van der Waals surface area contributed by atoms with Crippen molar-refractivity contribution >= 4 is 56.9 Å². The lowest BCUT2D eigenvalue weighted by atomic mass is 10.2. The highest BCUT2D eigenvalue weighted by molar-refractivity contribution is 6.33. The van der Waals surface area contributed by atoms with Crippen molar-refractivity contribution in [3.05, 3.63) is 82.5 Å². The molecular formula is C22H12Cl2N2O3. The van der Waals surface area contributed by atoms with Gasteiger partial charge in [0.15, 0.2) is 11.3 Å². The standard InChI is InChI=1S/C22H12Cl2N2O3/c23-13-5-8-19-17(10-13)26-22(29-19)15-11-14(6-7-16(15)24)25-21(27)20-9-12-3-1-2-4-18(12)28-20/h1-11H,(H,25,27). The van der Waals surface area contributed by atoms with Gasteiger partial charge in [0.2, 0.25) is 5.89 Å². The van der Waals surface area contributed by atoms with Crippen LogP contribution < -0.4 is 5.32 Å². The Hall–Kier alpha value is -3.28. The van der Waals surface area contributed by atoms with Crippen LogP contribution in [0.1, 0.15) is 10.6 Å². The maximum atomic E-state index is 12.6. The van der Waals surface area contributed by atoms with Crippen LogP contribution in [0.3, 0.4) is 0 Å². The smallest absolute Gasteiger partial charge is 0.291 e. The maximum Gasteiger partial charge on any atom is 0.291 e. The number of nitrogens with one attached hydrogen (secondary N) is 1. The second-order valence-corrected chi connectivity index (χ2v) is 7.27. The van der Waals surface area contributed by atoms with Crippen LogP contribution >= 0.6 is 23.2 Å². The highest BCUT2D eigenvalue weighted by atomic mass is 35.5. The Bertz CT molecular complexity index is 1350. The first-order valence-electron chi connectivity index (χ1n) is 8.73. The average Bonchev–Trinajstić information content (AvgIpc) is 3.33. The van der Waals surface area contributed by atoms with Gasteiger partial charge < -0.3 is 14.2 Å². The Morgan fingerprint density at radius 1 is 0.897 bits per heavy atom. The predicted molar refractivity (Wildman–Crippen MR) is 114 cm³/mol. The Morgan fingerprint density at radius 3 is 2.62 bits per heavy atom. The van der Waals surface area contributed by atoms with Gasteiger partial charge in [-0.05, 0) is 48.5 Å². The molecule has 0 radical (unpaired) electrons. The summed E-state index contributed by atoms with van der Waals surface area (Å²) in [4.78, 5) is 17.0. The lowest BCUT2D eigenvalue weighted by molar-refractivity contribution is 0.0998. The normalized spacial score (nSPS) is 11.2. The second kappa shape index (κ2) is 6.95. The monoisotopic (exact) mass is 422 g/mol. The third-order valence-electron chi connectivity index (χ3n) is 4.45. The Balaban J connectivity index is 1.47. The first-order valence-corrected chi connectivity index (χ1v) is 9.48. The van der Waals surface area contributed by atoms with Crippen molar-refractivity contribution in [3.63, 3.8) is 0 Å². The summed E-state index contributed by atoms with van der Waals surface area (Å²) in [5, 5.41) is 4.69. The number of hydrogen-bond donors (Lipinski definition) is 1. The van der Waals surface area contributed by atoms with E-state index in [-0.39, 0.29) is 11.7 Å². The highest BCUT2D eigenvalue weighted by Crippen LogP contribution is 2.33. The number of benzene rings is 3. The molecule has 0 aliphatic rings. The van der Waals surface area contributed by atoms with Crippen molar-refractivity contribution in [1.82, 2.24) is 4.98 Å². The number of rotatable bonds is 3. The fourth-order valence-electron chi connectivity index (χ4n) is 3.07. The summed E-state index contributed by atoms with van der Waals surface area (Å²) in [7, 11) is 0. The largest absolute Gasteiger partial charge is 0.451 e. The van der Waals surface area contributed by atoms with Crippen LogP contribution in [0.15, 0.2) is 75.6 Å². The van der Waals surface area contributed by atoms with Gasteiger partial charge in [-0.25, -0.2) is 4.98 Å². The molecule has 1 amide bonds. The van der Waals surface area contributed by atoms with E-state index in [1.54, 1.807) is 42.5 Å². The molecule has 0 spiro atoms. The number of anilines is 1. The van der Waals surface area contributed by atoms with Crippen LogP contribution in [0.25, 0.3) is 33.5 Å². The second-order valence-electron chi connectivity index (χ2n) is 6.43. The van der Waals surface area contributed by atoms with Crippen molar-refractivity contribution < 1.29 is 13.6 Å². The van der Waals surface area contributed by atoms with Crippen molar-refractivity contribution in [3.8, 4) is 11.5 Å². The van der Waals surface area contributed by atoms with Gasteiger partial charge in [-0.2, -0.15) is 0 Å². The van der Waals surface area contributed by atoms with Crippen molar-refractivity contribution in [1.29, 1.82) is 0 Å². The van der Waals surface area contributed by atoms with E-state index in [1.807, 2.05) is 24.3 Å². The number of hydrogen-bond acceptors (Lipinski definition) is 4. The SMILES string of the molecule is O=C(Nc1ccc(Cl)c(-c2nc3cc(Cl)ccc3o2)c1)c1cc2ccccc2o1. The summed E-state index contributed by atoms with van der Waals surface area (Å²) < 4.78 is 11.4. The minimum atomic E-state index is -0.362. The molecule has 0 bridgehead atoms. The number of carbonyl (C=O) groups is 1. The number of furan rings is 1. The van der Waals surface area contributed by atoms with Crippen LogP contribution in [-0.4, -0.2) is 10.9 Å².